The fourth-order valence-corrected chi connectivity index (χ4v) is 3.82. The highest BCUT2D eigenvalue weighted by atomic mass is 32.2. The molecule has 1 aliphatic rings. The second-order valence-electron chi connectivity index (χ2n) is 6.29. The molecule has 1 aliphatic heterocycles. The fraction of sp³-hybridized carbons (Fsp3) is 0.222. The van der Waals surface area contributed by atoms with Gasteiger partial charge in [-0.05, 0) is 11.6 Å². The molecule has 9 nitrogen and oxygen atoms in total. The van der Waals surface area contributed by atoms with E-state index < -0.39 is 4.92 Å². The zero-order valence-electron chi connectivity index (χ0n) is 15.1. The molecule has 150 valence electrons. The van der Waals surface area contributed by atoms with E-state index in [1.54, 1.807) is 18.2 Å². The number of fused-ring (bicyclic) bond motifs is 1. The molecule has 2 aromatic carbocycles. The van der Waals surface area contributed by atoms with Crippen molar-refractivity contribution in [3.05, 3.63) is 74.8 Å². The van der Waals surface area contributed by atoms with Gasteiger partial charge in [-0.1, -0.05) is 30.0 Å². The first-order valence-corrected chi connectivity index (χ1v) is 9.58. The maximum atomic E-state index is 13.9. The summed E-state index contributed by atoms with van der Waals surface area (Å²) in [6.45, 7) is 0.330. The number of nitro groups is 1. The van der Waals surface area contributed by atoms with Gasteiger partial charge in [-0.15, -0.1) is 10.2 Å². The van der Waals surface area contributed by atoms with Crippen molar-refractivity contribution in [2.75, 3.05) is 12.6 Å². The van der Waals surface area contributed by atoms with Crippen molar-refractivity contribution in [3.8, 4) is 5.75 Å². The molecule has 0 unspecified atom stereocenters. The molecule has 0 radical (unpaired) electrons. The number of aromatic nitrogens is 3. The first-order chi connectivity index (χ1) is 14.0. The number of ether oxygens (including phenoxy) is 2. The highest BCUT2D eigenvalue weighted by Gasteiger charge is 2.22. The van der Waals surface area contributed by atoms with Crippen molar-refractivity contribution in [3.63, 3.8) is 0 Å². The topological polar surface area (TPSA) is 118 Å². The standard InChI is InChI=1S/C18H16FN5O4S/c19-15-4-2-1-3-11(15)7-16-21-22-18(23(16)20)29-9-13-6-14(24(25)26)5-12-8-27-10-28-17(12)13/h1-6H,7-10,20H2. The molecular weight excluding hydrogens is 401 g/mol. The molecule has 0 amide bonds. The van der Waals surface area contributed by atoms with E-state index in [4.69, 9.17) is 15.3 Å². The molecule has 0 bridgehead atoms. The van der Waals surface area contributed by atoms with Crippen molar-refractivity contribution in [1.29, 1.82) is 0 Å². The van der Waals surface area contributed by atoms with Crippen LogP contribution in [0.3, 0.4) is 0 Å². The molecule has 11 heteroatoms. The smallest absolute Gasteiger partial charge is 0.270 e. The summed E-state index contributed by atoms with van der Waals surface area (Å²) in [4.78, 5) is 10.8. The van der Waals surface area contributed by atoms with E-state index in [0.29, 0.717) is 39.2 Å². The largest absolute Gasteiger partial charge is 0.467 e. The van der Waals surface area contributed by atoms with Crippen LogP contribution in [-0.2, 0) is 23.5 Å². The maximum Gasteiger partial charge on any atom is 0.270 e. The number of nitrogens with two attached hydrogens (primary N) is 1. The number of hydrogen-bond acceptors (Lipinski definition) is 8. The van der Waals surface area contributed by atoms with Gasteiger partial charge in [-0.25, -0.2) is 9.07 Å². The van der Waals surface area contributed by atoms with Crippen LogP contribution in [0.1, 0.15) is 22.5 Å². The molecule has 4 rings (SSSR count). The molecule has 0 saturated carbocycles. The lowest BCUT2D eigenvalue weighted by molar-refractivity contribution is -0.385. The van der Waals surface area contributed by atoms with Gasteiger partial charge in [0.15, 0.2) is 12.6 Å². The van der Waals surface area contributed by atoms with Gasteiger partial charge in [0.25, 0.3) is 5.69 Å². The van der Waals surface area contributed by atoms with Crippen LogP contribution in [0.2, 0.25) is 0 Å². The van der Waals surface area contributed by atoms with Crippen molar-refractivity contribution in [2.45, 2.75) is 23.9 Å². The van der Waals surface area contributed by atoms with Crippen molar-refractivity contribution in [1.82, 2.24) is 14.9 Å². The lowest BCUT2D eigenvalue weighted by Gasteiger charge is -2.20. The number of nitrogen functional groups attached to an aromatic ring is 1. The van der Waals surface area contributed by atoms with Gasteiger partial charge in [0.1, 0.15) is 11.6 Å². The van der Waals surface area contributed by atoms with Crippen LogP contribution in [-0.4, -0.2) is 26.6 Å². The molecule has 0 fully saturated rings. The predicted molar refractivity (Wildman–Crippen MR) is 102 cm³/mol. The van der Waals surface area contributed by atoms with Crippen LogP contribution in [0.5, 0.6) is 5.75 Å². The molecule has 2 heterocycles. The molecule has 1 aromatic heterocycles. The van der Waals surface area contributed by atoms with Crippen LogP contribution in [0.4, 0.5) is 10.1 Å². The highest BCUT2D eigenvalue weighted by molar-refractivity contribution is 7.98. The maximum absolute atomic E-state index is 13.9. The van der Waals surface area contributed by atoms with Crippen LogP contribution >= 0.6 is 11.8 Å². The Labute approximate surface area is 168 Å². The molecule has 0 aliphatic carbocycles. The Morgan fingerprint density at radius 1 is 1.28 bits per heavy atom. The van der Waals surface area contributed by atoms with Crippen LogP contribution < -0.4 is 10.6 Å². The van der Waals surface area contributed by atoms with E-state index in [-0.39, 0.29) is 31.3 Å². The second kappa shape index (κ2) is 8.05. The summed E-state index contributed by atoms with van der Waals surface area (Å²) in [5.74, 6) is 7.04. The fourth-order valence-electron chi connectivity index (χ4n) is 2.97. The van der Waals surface area contributed by atoms with E-state index in [1.165, 1.54) is 34.6 Å². The van der Waals surface area contributed by atoms with Gasteiger partial charge >= 0.3 is 0 Å². The number of halogens is 1. The SMILES string of the molecule is Nn1c(Cc2ccccc2F)nnc1SCc1cc([N+](=O)[O-])cc2c1OCOC2. The summed E-state index contributed by atoms with van der Waals surface area (Å²) in [6, 6.07) is 9.29. The number of nitrogens with zero attached hydrogens (tertiary/aromatic N) is 4. The highest BCUT2D eigenvalue weighted by Crippen LogP contribution is 2.36. The molecule has 29 heavy (non-hydrogen) atoms. The van der Waals surface area contributed by atoms with E-state index >= 15 is 0 Å². The first kappa shape index (κ1) is 19.2. The third kappa shape index (κ3) is 4.00. The van der Waals surface area contributed by atoms with Gasteiger partial charge in [-0.2, -0.15) is 0 Å². The molecular formula is C18H16FN5O4S. The average molecular weight is 417 g/mol. The summed E-state index contributed by atoms with van der Waals surface area (Å²) in [6.07, 6.45) is 0.198. The molecule has 0 saturated heterocycles. The van der Waals surface area contributed by atoms with Crippen molar-refractivity contribution in [2.24, 2.45) is 0 Å². The summed E-state index contributed by atoms with van der Waals surface area (Å²) in [5, 5.41) is 19.7. The summed E-state index contributed by atoms with van der Waals surface area (Å²) >= 11 is 1.26. The minimum Gasteiger partial charge on any atom is -0.467 e. The summed E-state index contributed by atoms with van der Waals surface area (Å²) < 4.78 is 25.9. The number of thioether (sulfide) groups is 1. The number of rotatable bonds is 6. The molecule has 0 spiro atoms. The summed E-state index contributed by atoms with van der Waals surface area (Å²) in [5.41, 5.74) is 1.68. The lowest BCUT2D eigenvalue weighted by atomic mass is 10.1. The Morgan fingerprint density at radius 2 is 2.10 bits per heavy atom. The number of nitro benzene ring substituents is 1. The third-order valence-corrected chi connectivity index (χ3v) is 5.37. The Balaban J connectivity index is 1.54. The predicted octanol–water partition coefficient (Wildman–Crippen LogP) is 2.79. The Morgan fingerprint density at radius 3 is 2.90 bits per heavy atom. The number of non-ortho nitro benzene ring substituents is 1. The van der Waals surface area contributed by atoms with Crippen LogP contribution in [0.25, 0.3) is 0 Å². The van der Waals surface area contributed by atoms with E-state index in [1.807, 2.05) is 0 Å². The Bertz CT molecular complexity index is 1070. The molecule has 2 N–H and O–H groups in total. The zero-order valence-corrected chi connectivity index (χ0v) is 15.9. The van der Waals surface area contributed by atoms with Crippen LogP contribution in [0, 0.1) is 15.9 Å². The Kier molecular flexibility index (Phi) is 5.32. The van der Waals surface area contributed by atoms with Gasteiger partial charge in [0.05, 0.1) is 11.5 Å². The third-order valence-electron chi connectivity index (χ3n) is 4.38. The molecule has 3 aromatic rings. The lowest BCUT2D eigenvalue weighted by Crippen LogP contribution is -2.15. The van der Waals surface area contributed by atoms with Gasteiger partial charge in [-0.3, -0.25) is 10.1 Å². The summed E-state index contributed by atoms with van der Waals surface area (Å²) in [7, 11) is 0. The van der Waals surface area contributed by atoms with E-state index in [2.05, 4.69) is 10.2 Å². The minimum atomic E-state index is -0.457. The zero-order chi connectivity index (χ0) is 20.4. The van der Waals surface area contributed by atoms with Gasteiger partial charge < -0.3 is 15.3 Å². The van der Waals surface area contributed by atoms with Gasteiger partial charge in [0.2, 0.25) is 5.16 Å². The average Bonchev–Trinajstić information content (AvgIpc) is 3.07. The molecule has 0 atom stereocenters. The second-order valence-corrected chi connectivity index (χ2v) is 7.23. The quantitative estimate of drug-likeness (QED) is 0.281. The van der Waals surface area contributed by atoms with Crippen molar-refractivity contribution >= 4 is 17.4 Å². The number of hydrogen-bond donors (Lipinski definition) is 1. The van der Waals surface area contributed by atoms with E-state index in [9.17, 15) is 14.5 Å². The monoisotopic (exact) mass is 417 g/mol. The van der Waals surface area contributed by atoms with Crippen molar-refractivity contribution < 1.29 is 18.8 Å². The number of benzene rings is 2. The van der Waals surface area contributed by atoms with Gasteiger partial charge in [0, 0.05) is 35.4 Å². The van der Waals surface area contributed by atoms with Crippen LogP contribution in [0.15, 0.2) is 41.6 Å². The Hall–Kier alpha value is -3.18. The normalized spacial score (nSPS) is 13.0. The minimum absolute atomic E-state index is 0.0390. The first-order valence-electron chi connectivity index (χ1n) is 8.59. The van der Waals surface area contributed by atoms with E-state index in [0.717, 1.165) is 0 Å².